The van der Waals surface area contributed by atoms with Crippen molar-refractivity contribution in [3.63, 3.8) is 0 Å². The van der Waals surface area contributed by atoms with Gasteiger partial charge in [0.15, 0.2) is 0 Å². The molecule has 0 bridgehead atoms. The summed E-state index contributed by atoms with van der Waals surface area (Å²) in [4.78, 5) is 0. The molecule has 0 aliphatic carbocycles. The number of rotatable bonds is 2. The molecular weight excluding hydrogens is 252 g/mol. The summed E-state index contributed by atoms with van der Waals surface area (Å²) in [6.07, 6.45) is 1.83. The molecule has 5 heteroatoms. The molecule has 0 saturated carbocycles. The fourth-order valence-electron chi connectivity index (χ4n) is 0.458. The normalized spacial score (nSPS) is 10.0. The number of hydrogen-bond acceptors (Lipinski definition) is 2. The first-order valence-corrected chi connectivity index (χ1v) is 4.43. The number of nitrogens with zero attached hydrogens (tertiary/aromatic N) is 3. The van der Waals surface area contributed by atoms with E-state index in [9.17, 15) is 0 Å². The zero-order chi connectivity index (χ0) is 6.69. The van der Waals surface area contributed by atoms with Gasteiger partial charge in [0.1, 0.15) is 6.00 Å². The van der Waals surface area contributed by atoms with Crippen LogP contribution in [0.2, 0.25) is 0 Å². The minimum absolute atomic E-state index is 0.379. The van der Waals surface area contributed by atoms with Crippen molar-refractivity contribution in [3.05, 3.63) is 11.9 Å². The van der Waals surface area contributed by atoms with E-state index in [2.05, 4.69) is 32.9 Å². The van der Waals surface area contributed by atoms with E-state index < -0.39 is 0 Å². The maximum atomic E-state index is 5.46. The lowest BCUT2D eigenvalue weighted by Crippen LogP contribution is -1.90. The lowest BCUT2D eigenvalue weighted by molar-refractivity contribution is 0.695. The summed E-state index contributed by atoms with van der Waals surface area (Å²) < 4.78 is 2.48. The standard InChI is InChI=1S/C4H5ClIN3/c5-3-9-2-4(1-6)7-8-9/h2H,1,3H2. The van der Waals surface area contributed by atoms with Gasteiger partial charge in [0.05, 0.1) is 11.9 Å². The van der Waals surface area contributed by atoms with Crippen molar-refractivity contribution in [2.45, 2.75) is 10.4 Å². The number of halogens is 2. The Morgan fingerprint density at radius 3 is 2.89 bits per heavy atom. The van der Waals surface area contributed by atoms with Gasteiger partial charge in [-0.25, -0.2) is 4.68 Å². The Bertz CT molecular complexity index is 169. The average molecular weight is 257 g/mol. The van der Waals surface area contributed by atoms with Gasteiger partial charge in [0, 0.05) is 4.43 Å². The van der Waals surface area contributed by atoms with Crippen molar-refractivity contribution in [2.75, 3.05) is 0 Å². The Morgan fingerprint density at radius 1 is 1.78 bits per heavy atom. The molecule has 0 fully saturated rings. The molecule has 0 aliphatic heterocycles. The highest BCUT2D eigenvalue weighted by Crippen LogP contribution is 1.99. The second-order valence-electron chi connectivity index (χ2n) is 1.50. The third-order valence-electron chi connectivity index (χ3n) is 0.845. The maximum absolute atomic E-state index is 5.46. The molecule has 0 saturated heterocycles. The van der Waals surface area contributed by atoms with E-state index in [1.807, 2.05) is 6.20 Å². The van der Waals surface area contributed by atoms with Gasteiger partial charge in [-0.3, -0.25) is 0 Å². The molecule has 0 unspecified atom stereocenters. The quantitative estimate of drug-likeness (QED) is 0.592. The molecule has 0 aromatic carbocycles. The van der Waals surface area contributed by atoms with Crippen LogP contribution < -0.4 is 0 Å². The highest BCUT2D eigenvalue weighted by Gasteiger charge is 1.94. The Balaban J connectivity index is 2.74. The van der Waals surface area contributed by atoms with Crippen LogP contribution in [0.4, 0.5) is 0 Å². The van der Waals surface area contributed by atoms with Gasteiger partial charge in [-0.2, -0.15) is 0 Å². The van der Waals surface area contributed by atoms with Crippen LogP contribution in [-0.2, 0) is 10.4 Å². The minimum atomic E-state index is 0.379. The van der Waals surface area contributed by atoms with E-state index in [1.54, 1.807) is 4.68 Å². The molecule has 0 amide bonds. The first kappa shape index (κ1) is 7.27. The summed E-state index contributed by atoms with van der Waals surface area (Å²) >= 11 is 7.68. The van der Waals surface area contributed by atoms with Gasteiger partial charge < -0.3 is 0 Å². The first-order valence-electron chi connectivity index (χ1n) is 2.37. The smallest absolute Gasteiger partial charge is 0.117 e. The molecule has 3 nitrogen and oxygen atoms in total. The third-order valence-corrected chi connectivity index (χ3v) is 1.87. The predicted octanol–water partition coefficient (Wildman–Crippen LogP) is 1.41. The maximum Gasteiger partial charge on any atom is 0.117 e. The van der Waals surface area contributed by atoms with E-state index in [-0.39, 0.29) is 0 Å². The molecule has 0 spiro atoms. The molecule has 1 heterocycles. The molecule has 1 aromatic rings. The highest BCUT2D eigenvalue weighted by molar-refractivity contribution is 14.1. The van der Waals surface area contributed by atoms with Gasteiger partial charge in [-0.15, -0.1) is 16.7 Å². The van der Waals surface area contributed by atoms with Crippen molar-refractivity contribution in [1.82, 2.24) is 15.0 Å². The van der Waals surface area contributed by atoms with Gasteiger partial charge in [-0.1, -0.05) is 27.8 Å². The second kappa shape index (κ2) is 3.36. The lowest BCUT2D eigenvalue weighted by atomic mass is 10.6. The van der Waals surface area contributed by atoms with Crippen molar-refractivity contribution >= 4 is 34.2 Å². The zero-order valence-corrected chi connectivity index (χ0v) is 7.50. The van der Waals surface area contributed by atoms with Crippen LogP contribution in [0.5, 0.6) is 0 Å². The Labute approximate surface area is 71.5 Å². The molecular formula is C4H5ClIN3. The SMILES string of the molecule is ClCn1cc(CI)nn1. The topological polar surface area (TPSA) is 30.7 Å². The Kier molecular flexibility index (Phi) is 2.71. The van der Waals surface area contributed by atoms with Crippen LogP contribution in [0.3, 0.4) is 0 Å². The second-order valence-corrected chi connectivity index (χ2v) is 2.50. The van der Waals surface area contributed by atoms with Crippen molar-refractivity contribution in [2.24, 2.45) is 0 Å². The van der Waals surface area contributed by atoms with Crippen LogP contribution in [-0.4, -0.2) is 15.0 Å². The van der Waals surface area contributed by atoms with E-state index in [4.69, 9.17) is 11.6 Å². The summed E-state index contributed by atoms with van der Waals surface area (Å²) in [5, 5.41) is 7.56. The van der Waals surface area contributed by atoms with Gasteiger partial charge in [0.2, 0.25) is 0 Å². The predicted molar refractivity (Wildman–Crippen MR) is 43.6 cm³/mol. The van der Waals surface area contributed by atoms with E-state index in [0.29, 0.717) is 6.00 Å². The number of aromatic nitrogens is 3. The Hall–Kier alpha value is 0.160. The number of hydrogen-bond donors (Lipinski definition) is 0. The molecule has 0 N–H and O–H groups in total. The van der Waals surface area contributed by atoms with Crippen LogP contribution in [0.25, 0.3) is 0 Å². The van der Waals surface area contributed by atoms with E-state index >= 15 is 0 Å². The van der Waals surface area contributed by atoms with Crippen molar-refractivity contribution in [1.29, 1.82) is 0 Å². The fraction of sp³-hybridized carbons (Fsp3) is 0.500. The van der Waals surface area contributed by atoms with E-state index in [0.717, 1.165) is 10.1 Å². The summed E-state index contributed by atoms with van der Waals surface area (Å²) in [5.41, 5.74) is 0.969. The molecule has 0 atom stereocenters. The summed E-state index contributed by atoms with van der Waals surface area (Å²) in [6.45, 7) is 0. The van der Waals surface area contributed by atoms with Crippen LogP contribution >= 0.6 is 34.2 Å². The fourth-order valence-corrected chi connectivity index (χ4v) is 0.925. The third kappa shape index (κ3) is 1.79. The van der Waals surface area contributed by atoms with E-state index in [1.165, 1.54) is 0 Å². The first-order chi connectivity index (χ1) is 4.36. The molecule has 0 aliphatic rings. The molecule has 1 rings (SSSR count). The molecule has 50 valence electrons. The summed E-state index contributed by atoms with van der Waals surface area (Å²) in [5.74, 6) is 0. The molecule has 1 aromatic heterocycles. The van der Waals surface area contributed by atoms with Gasteiger partial charge in [0.25, 0.3) is 0 Å². The molecule has 0 radical (unpaired) electrons. The van der Waals surface area contributed by atoms with Crippen molar-refractivity contribution < 1.29 is 0 Å². The van der Waals surface area contributed by atoms with Crippen molar-refractivity contribution in [3.8, 4) is 0 Å². The van der Waals surface area contributed by atoms with Crippen LogP contribution in [0, 0.1) is 0 Å². The highest BCUT2D eigenvalue weighted by atomic mass is 127. The lowest BCUT2D eigenvalue weighted by Gasteiger charge is -1.84. The zero-order valence-electron chi connectivity index (χ0n) is 4.59. The minimum Gasteiger partial charge on any atom is -0.237 e. The monoisotopic (exact) mass is 257 g/mol. The van der Waals surface area contributed by atoms with Gasteiger partial charge >= 0.3 is 0 Å². The Morgan fingerprint density at radius 2 is 2.56 bits per heavy atom. The summed E-state index contributed by atoms with van der Waals surface area (Å²) in [7, 11) is 0. The van der Waals surface area contributed by atoms with Crippen LogP contribution in [0.1, 0.15) is 5.69 Å². The number of alkyl halides is 2. The largest absolute Gasteiger partial charge is 0.237 e. The van der Waals surface area contributed by atoms with Gasteiger partial charge in [-0.05, 0) is 0 Å². The molecule has 9 heavy (non-hydrogen) atoms. The summed E-state index contributed by atoms with van der Waals surface area (Å²) in [6, 6.07) is 0.379. The van der Waals surface area contributed by atoms with Crippen LogP contribution in [0.15, 0.2) is 6.20 Å². The average Bonchev–Trinajstić information content (AvgIpc) is 2.34.